The van der Waals surface area contributed by atoms with Gasteiger partial charge in [0, 0.05) is 17.7 Å². The smallest absolute Gasteiger partial charge is 0.145 e. The van der Waals surface area contributed by atoms with Crippen LogP contribution in [0.5, 0.6) is 11.5 Å². The van der Waals surface area contributed by atoms with Gasteiger partial charge in [-0.15, -0.1) is 0 Å². The summed E-state index contributed by atoms with van der Waals surface area (Å²) in [5.41, 5.74) is 7.70. The number of rotatable bonds is 3. The maximum Gasteiger partial charge on any atom is 0.145 e. The molecule has 0 radical (unpaired) electrons. The lowest BCUT2D eigenvalue weighted by molar-refractivity contribution is 0.388. The quantitative estimate of drug-likeness (QED) is 0.764. The average Bonchev–Trinajstić information content (AvgIpc) is 2.82. The standard InChI is InChI=1S/C12H18N2O2/c1-15-11-7-12(16-2)9(13)6-8(11)10-4-3-5-14-10/h6-7,10,14H,3-5,13H2,1-2H3/t10-/m0/s1. The van der Waals surface area contributed by atoms with Gasteiger partial charge in [-0.05, 0) is 25.5 Å². The third-order valence-corrected chi connectivity index (χ3v) is 3.02. The maximum absolute atomic E-state index is 5.91. The Labute approximate surface area is 95.7 Å². The highest BCUT2D eigenvalue weighted by atomic mass is 16.5. The molecular formula is C12H18N2O2. The molecule has 4 nitrogen and oxygen atoms in total. The number of nitrogens with two attached hydrogens (primary N) is 1. The molecule has 0 aliphatic carbocycles. The summed E-state index contributed by atoms with van der Waals surface area (Å²) in [5, 5.41) is 3.44. The van der Waals surface area contributed by atoms with Crippen molar-refractivity contribution in [3.63, 3.8) is 0 Å². The largest absolute Gasteiger partial charge is 0.496 e. The van der Waals surface area contributed by atoms with Crippen molar-refractivity contribution in [2.45, 2.75) is 18.9 Å². The third kappa shape index (κ3) is 1.93. The number of benzene rings is 1. The number of ether oxygens (including phenoxy) is 2. The minimum Gasteiger partial charge on any atom is -0.496 e. The summed E-state index contributed by atoms with van der Waals surface area (Å²) in [6.07, 6.45) is 2.32. The molecule has 1 fully saturated rings. The zero-order valence-electron chi connectivity index (χ0n) is 9.75. The van der Waals surface area contributed by atoms with E-state index >= 15 is 0 Å². The maximum atomic E-state index is 5.91. The van der Waals surface area contributed by atoms with E-state index in [0.717, 1.165) is 24.3 Å². The summed E-state index contributed by atoms with van der Waals surface area (Å²) < 4.78 is 10.6. The minimum absolute atomic E-state index is 0.350. The molecule has 0 spiro atoms. The minimum atomic E-state index is 0.350. The molecule has 1 saturated heterocycles. The van der Waals surface area contributed by atoms with Crippen LogP contribution in [0.25, 0.3) is 0 Å². The van der Waals surface area contributed by atoms with Crippen LogP contribution in [0, 0.1) is 0 Å². The predicted molar refractivity (Wildman–Crippen MR) is 63.9 cm³/mol. The first-order valence-electron chi connectivity index (χ1n) is 5.51. The molecule has 0 amide bonds. The molecule has 1 heterocycles. The summed E-state index contributed by atoms with van der Waals surface area (Å²) >= 11 is 0. The number of nitrogens with one attached hydrogen (secondary N) is 1. The Bertz CT molecular complexity index is 374. The van der Waals surface area contributed by atoms with E-state index in [1.54, 1.807) is 14.2 Å². The van der Waals surface area contributed by atoms with Gasteiger partial charge in [0.1, 0.15) is 11.5 Å². The van der Waals surface area contributed by atoms with Crippen LogP contribution in [-0.2, 0) is 0 Å². The van der Waals surface area contributed by atoms with Crippen molar-refractivity contribution in [2.75, 3.05) is 26.5 Å². The van der Waals surface area contributed by atoms with Crippen molar-refractivity contribution in [3.05, 3.63) is 17.7 Å². The zero-order chi connectivity index (χ0) is 11.5. The van der Waals surface area contributed by atoms with Crippen LogP contribution < -0.4 is 20.5 Å². The first-order chi connectivity index (χ1) is 7.76. The van der Waals surface area contributed by atoms with Gasteiger partial charge in [0.05, 0.1) is 19.9 Å². The molecule has 1 aromatic rings. The molecule has 16 heavy (non-hydrogen) atoms. The zero-order valence-corrected chi connectivity index (χ0v) is 9.75. The fourth-order valence-electron chi connectivity index (χ4n) is 2.17. The lowest BCUT2D eigenvalue weighted by atomic mass is 10.0. The molecule has 1 atom stereocenters. The number of hydrogen-bond donors (Lipinski definition) is 2. The highest BCUT2D eigenvalue weighted by molar-refractivity contribution is 5.60. The Balaban J connectivity index is 2.39. The molecule has 1 aromatic carbocycles. The van der Waals surface area contributed by atoms with Crippen LogP contribution in [0.15, 0.2) is 12.1 Å². The molecule has 0 aromatic heterocycles. The second kappa shape index (κ2) is 4.61. The fourth-order valence-corrected chi connectivity index (χ4v) is 2.17. The van der Waals surface area contributed by atoms with Crippen LogP contribution in [0.3, 0.4) is 0 Å². The van der Waals surface area contributed by atoms with Gasteiger partial charge in [0.25, 0.3) is 0 Å². The van der Waals surface area contributed by atoms with Crippen molar-refractivity contribution in [1.82, 2.24) is 5.32 Å². The molecule has 0 bridgehead atoms. The number of nitrogen functional groups attached to an aromatic ring is 1. The van der Waals surface area contributed by atoms with Crippen LogP contribution in [-0.4, -0.2) is 20.8 Å². The van der Waals surface area contributed by atoms with Crippen molar-refractivity contribution in [3.8, 4) is 11.5 Å². The van der Waals surface area contributed by atoms with Gasteiger partial charge in [0.2, 0.25) is 0 Å². The van der Waals surface area contributed by atoms with E-state index in [2.05, 4.69) is 5.32 Å². The predicted octanol–water partition coefficient (Wildman–Crippen LogP) is 1.71. The van der Waals surface area contributed by atoms with E-state index in [9.17, 15) is 0 Å². The van der Waals surface area contributed by atoms with Crippen LogP contribution in [0.1, 0.15) is 24.4 Å². The second-order valence-corrected chi connectivity index (χ2v) is 3.99. The number of anilines is 1. The van der Waals surface area contributed by atoms with Gasteiger partial charge in [-0.1, -0.05) is 0 Å². The van der Waals surface area contributed by atoms with Crippen molar-refractivity contribution in [1.29, 1.82) is 0 Å². The SMILES string of the molecule is COc1cc(OC)c([C@@H]2CCCN2)cc1N. The molecular weight excluding hydrogens is 204 g/mol. The number of methoxy groups -OCH3 is 2. The first kappa shape index (κ1) is 11.1. The van der Waals surface area contributed by atoms with E-state index in [-0.39, 0.29) is 0 Å². The molecule has 1 aliphatic heterocycles. The molecule has 3 N–H and O–H groups in total. The Morgan fingerprint density at radius 2 is 2.00 bits per heavy atom. The van der Waals surface area contributed by atoms with E-state index in [1.807, 2.05) is 12.1 Å². The average molecular weight is 222 g/mol. The Hall–Kier alpha value is -1.42. The van der Waals surface area contributed by atoms with E-state index in [0.29, 0.717) is 17.5 Å². The van der Waals surface area contributed by atoms with Gasteiger partial charge in [-0.3, -0.25) is 0 Å². The lowest BCUT2D eigenvalue weighted by Gasteiger charge is -2.17. The monoisotopic (exact) mass is 222 g/mol. The van der Waals surface area contributed by atoms with Gasteiger partial charge >= 0.3 is 0 Å². The van der Waals surface area contributed by atoms with E-state index in [4.69, 9.17) is 15.2 Å². The van der Waals surface area contributed by atoms with Crippen LogP contribution in [0.2, 0.25) is 0 Å². The first-order valence-corrected chi connectivity index (χ1v) is 5.51. The van der Waals surface area contributed by atoms with E-state index < -0.39 is 0 Å². The van der Waals surface area contributed by atoms with Crippen molar-refractivity contribution in [2.24, 2.45) is 0 Å². The lowest BCUT2D eigenvalue weighted by Crippen LogP contribution is -2.14. The third-order valence-electron chi connectivity index (χ3n) is 3.02. The normalized spacial score (nSPS) is 19.8. The molecule has 88 valence electrons. The molecule has 2 rings (SSSR count). The van der Waals surface area contributed by atoms with Gasteiger partial charge < -0.3 is 20.5 Å². The summed E-state index contributed by atoms with van der Waals surface area (Å²) in [6, 6.07) is 4.15. The summed E-state index contributed by atoms with van der Waals surface area (Å²) in [6.45, 7) is 1.06. The Kier molecular flexibility index (Phi) is 3.19. The Morgan fingerprint density at radius 3 is 2.56 bits per heavy atom. The highest BCUT2D eigenvalue weighted by Gasteiger charge is 2.21. The summed E-state index contributed by atoms with van der Waals surface area (Å²) in [7, 11) is 3.28. The molecule has 0 unspecified atom stereocenters. The van der Waals surface area contributed by atoms with Crippen LogP contribution >= 0.6 is 0 Å². The fraction of sp³-hybridized carbons (Fsp3) is 0.500. The van der Waals surface area contributed by atoms with Gasteiger partial charge in [-0.2, -0.15) is 0 Å². The molecule has 4 heteroatoms. The van der Waals surface area contributed by atoms with E-state index in [1.165, 1.54) is 6.42 Å². The molecule has 1 aliphatic rings. The van der Waals surface area contributed by atoms with Gasteiger partial charge in [0.15, 0.2) is 0 Å². The van der Waals surface area contributed by atoms with Gasteiger partial charge in [-0.25, -0.2) is 0 Å². The van der Waals surface area contributed by atoms with Crippen LogP contribution in [0.4, 0.5) is 5.69 Å². The van der Waals surface area contributed by atoms with Crippen molar-refractivity contribution < 1.29 is 9.47 Å². The highest BCUT2D eigenvalue weighted by Crippen LogP contribution is 2.37. The summed E-state index contributed by atoms with van der Waals surface area (Å²) in [4.78, 5) is 0. The Morgan fingerprint density at radius 1 is 1.25 bits per heavy atom. The number of hydrogen-bond acceptors (Lipinski definition) is 4. The summed E-state index contributed by atoms with van der Waals surface area (Å²) in [5.74, 6) is 1.50. The molecule has 0 saturated carbocycles. The second-order valence-electron chi connectivity index (χ2n) is 3.99. The van der Waals surface area contributed by atoms with Crippen molar-refractivity contribution >= 4 is 5.69 Å². The topological polar surface area (TPSA) is 56.5 Å².